The Balaban J connectivity index is 2.05. The van der Waals surface area contributed by atoms with Gasteiger partial charge in [-0.25, -0.2) is 0 Å². The number of nitrogens with one attached hydrogen (secondary N) is 1. The molecule has 3 N–H and O–H groups in total. The van der Waals surface area contributed by atoms with Crippen LogP contribution in [0.2, 0.25) is 0 Å². The summed E-state index contributed by atoms with van der Waals surface area (Å²) in [6, 6.07) is 14.2. The third-order valence-electron chi connectivity index (χ3n) is 3.30. The molecule has 2 rings (SSSR count). The lowest BCUT2D eigenvalue weighted by molar-refractivity contribution is -0.117. The molecule has 0 aromatic heterocycles. The van der Waals surface area contributed by atoms with Gasteiger partial charge in [-0.2, -0.15) is 0 Å². The van der Waals surface area contributed by atoms with E-state index in [1.165, 1.54) is 7.11 Å². The predicted molar refractivity (Wildman–Crippen MR) is 86.3 cm³/mol. The van der Waals surface area contributed by atoms with Crippen molar-refractivity contribution in [1.82, 2.24) is 0 Å². The molecule has 1 atom stereocenters. The molecule has 22 heavy (non-hydrogen) atoms. The maximum Gasteiger partial charge on any atom is 0.241 e. The first-order valence-electron chi connectivity index (χ1n) is 6.96. The normalized spacial score (nSPS) is 11.6. The number of hydrogen-bond donors (Lipinski definition) is 2. The number of methoxy groups -OCH3 is 2. The molecule has 2 aromatic rings. The number of amides is 1. The Bertz CT molecular complexity index is 629. The molecule has 0 fully saturated rings. The van der Waals surface area contributed by atoms with Gasteiger partial charge in [-0.3, -0.25) is 4.79 Å². The highest BCUT2D eigenvalue weighted by molar-refractivity contribution is 5.96. The molecule has 0 radical (unpaired) electrons. The van der Waals surface area contributed by atoms with Gasteiger partial charge in [-0.05, 0) is 24.1 Å². The van der Waals surface area contributed by atoms with Crippen LogP contribution in [-0.2, 0) is 11.2 Å². The minimum absolute atomic E-state index is 0.257. The Kier molecular flexibility index (Phi) is 5.38. The van der Waals surface area contributed by atoms with Gasteiger partial charge in [-0.1, -0.05) is 30.3 Å². The molecule has 0 bridgehead atoms. The van der Waals surface area contributed by atoms with E-state index >= 15 is 0 Å². The molecule has 1 amide bonds. The molecule has 0 unspecified atom stereocenters. The Morgan fingerprint density at radius 3 is 2.50 bits per heavy atom. The summed E-state index contributed by atoms with van der Waals surface area (Å²) in [5.41, 5.74) is 7.55. The van der Waals surface area contributed by atoms with Crippen molar-refractivity contribution in [3.8, 4) is 11.5 Å². The fourth-order valence-corrected chi connectivity index (χ4v) is 2.09. The zero-order valence-electron chi connectivity index (χ0n) is 12.7. The van der Waals surface area contributed by atoms with Gasteiger partial charge in [0.25, 0.3) is 0 Å². The molecule has 0 spiro atoms. The van der Waals surface area contributed by atoms with E-state index in [1.54, 1.807) is 25.3 Å². The van der Waals surface area contributed by atoms with Crippen LogP contribution in [0.15, 0.2) is 48.5 Å². The molecular formula is C17H20N2O3. The standard InChI is InChI=1S/C17H20N2O3/c1-21-13-8-9-15(16(11-13)22-2)19-17(20)14(18)10-12-6-4-3-5-7-12/h3-9,11,14H,10,18H2,1-2H3,(H,19,20)/t14-/m0/s1. The first-order chi connectivity index (χ1) is 10.6. The Hall–Kier alpha value is -2.53. The van der Waals surface area contributed by atoms with E-state index in [1.807, 2.05) is 30.3 Å². The fraction of sp³-hybridized carbons (Fsp3) is 0.235. The Morgan fingerprint density at radius 2 is 1.86 bits per heavy atom. The summed E-state index contributed by atoms with van der Waals surface area (Å²) < 4.78 is 10.4. The van der Waals surface area contributed by atoms with Crippen molar-refractivity contribution in [3.63, 3.8) is 0 Å². The summed E-state index contributed by atoms with van der Waals surface area (Å²) in [4.78, 5) is 12.2. The van der Waals surface area contributed by atoms with Crippen LogP contribution in [-0.4, -0.2) is 26.2 Å². The van der Waals surface area contributed by atoms with Crippen LogP contribution in [0, 0.1) is 0 Å². The molecule has 116 valence electrons. The van der Waals surface area contributed by atoms with Gasteiger partial charge in [0, 0.05) is 6.07 Å². The molecule has 5 nitrogen and oxygen atoms in total. The number of carbonyl (C=O) groups excluding carboxylic acids is 1. The summed E-state index contributed by atoms with van der Waals surface area (Å²) in [5.74, 6) is 0.926. The second kappa shape index (κ2) is 7.47. The van der Waals surface area contributed by atoms with Crippen LogP contribution < -0.4 is 20.5 Å². The lowest BCUT2D eigenvalue weighted by atomic mass is 10.1. The molecule has 5 heteroatoms. The molecular weight excluding hydrogens is 280 g/mol. The Morgan fingerprint density at radius 1 is 1.14 bits per heavy atom. The van der Waals surface area contributed by atoms with E-state index in [2.05, 4.69) is 5.32 Å². The van der Waals surface area contributed by atoms with Crippen LogP contribution in [0.1, 0.15) is 5.56 Å². The number of carbonyl (C=O) groups is 1. The van der Waals surface area contributed by atoms with Gasteiger partial charge < -0.3 is 20.5 Å². The smallest absolute Gasteiger partial charge is 0.241 e. The average Bonchev–Trinajstić information content (AvgIpc) is 2.56. The van der Waals surface area contributed by atoms with E-state index in [-0.39, 0.29) is 5.91 Å². The van der Waals surface area contributed by atoms with Crippen molar-refractivity contribution in [2.75, 3.05) is 19.5 Å². The van der Waals surface area contributed by atoms with E-state index in [9.17, 15) is 4.79 Å². The zero-order valence-corrected chi connectivity index (χ0v) is 12.7. The first kappa shape index (κ1) is 15.9. The number of anilines is 1. The van der Waals surface area contributed by atoms with Crippen molar-refractivity contribution in [2.45, 2.75) is 12.5 Å². The third-order valence-corrected chi connectivity index (χ3v) is 3.30. The molecule has 0 aliphatic rings. The van der Waals surface area contributed by atoms with Crippen molar-refractivity contribution in [3.05, 3.63) is 54.1 Å². The number of ether oxygens (including phenoxy) is 2. The van der Waals surface area contributed by atoms with E-state index < -0.39 is 6.04 Å². The lowest BCUT2D eigenvalue weighted by Gasteiger charge is -2.15. The summed E-state index contributed by atoms with van der Waals surface area (Å²) in [6.07, 6.45) is 0.477. The van der Waals surface area contributed by atoms with Gasteiger partial charge in [0.1, 0.15) is 11.5 Å². The van der Waals surface area contributed by atoms with Gasteiger partial charge in [0.2, 0.25) is 5.91 Å². The monoisotopic (exact) mass is 300 g/mol. The largest absolute Gasteiger partial charge is 0.497 e. The van der Waals surface area contributed by atoms with Gasteiger partial charge in [0.15, 0.2) is 0 Å². The topological polar surface area (TPSA) is 73.6 Å². The summed E-state index contributed by atoms with van der Waals surface area (Å²) >= 11 is 0. The van der Waals surface area contributed by atoms with Gasteiger partial charge >= 0.3 is 0 Å². The summed E-state index contributed by atoms with van der Waals surface area (Å²) in [7, 11) is 3.11. The van der Waals surface area contributed by atoms with Crippen LogP contribution in [0.4, 0.5) is 5.69 Å². The number of hydrogen-bond acceptors (Lipinski definition) is 4. The highest BCUT2D eigenvalue weighted by Gasteiger charge is 2.16. The number of rotatable bonds is 6. The Labute approximate surface area is 130 Å². The quantitative estimate of drug-likeness (QED) is 0.858. The van der Waals surface area contributed by atoms with E-state index in [0.717, 1.165) is 5.56 Å². The molecule has 0 aliphatic heterocycles. The second-order valence-electron chi connectivity index (χ2n) is 4.85. The lowest BCUT2D eigenvalue weighted by Crippen LogP contribution is -2.37. The summed E-state index contributed by atoms with van der Waals surface area (Å²) in [5, 5.41) is 2.79. The average molecular weight is 300 g/mol. The van der Waals surface area contributed by atoms with E-state index in [0.29, 0.717) is 23.6 Å². The van der Waals surface area contributed by atoms with Gasteiger partial charge in [-0.15, -0.1) is 0 Å². The zero-order chi connectivity index (χ0) is 15.9. The third kappa shape index (κ3) is 3.99. The van der Waals surface area contributed by atoms with Crippen LogP contribution in [0.25, 0.3) is 0 Å². The molecule has 0 saturated carbocycles. The van der Waals surface area contributed by atoms with Gasteiger partial charge in [0.05, 0.1) is 25.9 Å². The van der Waals surface area contributed by atoms with Crippen LogP contribution >= 0.6 is 0 Å². The highest BCUT2D eigenvalue weighted by atomic mass is 16.5. The first-order valence-corrected chi connectivity index (χ1v) is 6.96. The number of nitrogens with two attached hydrogens (primary N) is 1. The maximum absolute atomic E-state index is 12.2. The summed E-state index contributed by atoms with van der Waals surface area (Å²) in [6.45, 7) is 0. The van der Waals surface area contributed by atoms with Crippen LogP contribution in [0.3, 0.4) is 0 Å². The second-order valence-corrected chi connectivity index (χ2v) is 4.85. The van der Waals surface area contributed by atoms with Crippen molar-refractivity contribution >= 4 is 11.6 Å². The molecule has 2 aromatic carbocycles. The van der Waals surface area contributed by atoms with E-state index in [4.69, 9.17) is 15.2 Å². The maximum atomic E-state index is 12.2. The highest BCUT2D eigenvalue weighted by Crippen LogP contribution is 2.29. The molecule has 0 saturated heterocycles. The minimum Gasteiger partial charge on any atom is -0.497 e. The molecule has 0 heterocycles. The fourth-order valence-electron chi connectivity index (χ4n) is 2.09. The predicted octanol–water partition coefficient (Wildman–Crippen LogP) is 2.21. The van der Waals surface area contributed by atoms with Crippen molar-refractivity contribution in [1.29, 1.82) is 0 Å². The molecule has 0 aliphatic carbocycles. The number of benzene rings is 2. The van der Waals surface area contributed by atoms with Crippen LogP contribution in [0.5, 0.6) is 11.5 Å². The minimum atomic E-state index is -0.630. The van der Waals surface area contributed by atoms with Crippen molar-refractivity contribution in [2.24, 2.45) is 5.73 Å². The van der Waals surface area contributed by atoms with Crippen molar-refractivity contribution < 1.29 is 14.3 Å². The SMILES string of the molecule is COc1ccc(NC(=O)[C@@H](N)Cc2ccccc2)c(OC)c1.